The van der Waals surface area contributed by atoms with Gasteiger partial charge >= 0.3 is 0 Å². The number of rotatable bonds is 2. The fraction of sp³-hybridized carbons (Fsp3) is 0.200. The molecule has 19 heavy (non-hydrogen) atoms. The third-order valence-corrected chi connectivity index (χ3v) is 3.50. The van der Waals surface area contributed by atoms with E-state index in [2.05, 4.69) is 4.98 Å². The quantitative estimate of drug-likeness (QED) is 0.890. The van der Waals surface area contributed by atoms with Crippen LogP contribution in [0.4, 0.5) is 0 Å². The zero-order chi connectivity index (χ0) is 13.5. The van der Waals surface area contributed by atoms with Crippen molar-refractivity contribution in [2.24, 2.45) is 0 Å². The van der Waals surface area contributed by atoms with E-state index in [1.54, 1.807) is 37.5 Å². The van der Waals surface area contributed by atoms with Gasteiger partial charge in [-0.1, -0.05) is 24.3 Å². The highest BCUT2D eigenvalue weighted by Gasteiger charge is 2.44. The van der Waals surface area contributed by atoms with Gasteiger partial charge in [0.2, 0.25) is 0 Å². The number of hydrogen-bond acceptors (Lipinski definition) is 3. The van der Waals surface area contributed by atoms with Crippen LogP contribution in [0.5, 0.6) is 0 Å². The molecule has 2 aromatic rings. The first-order valence-corrected chi connectivity index (χ1v) is 6.13. The maximum absolute atomic E-state index is 12.4. The van der Waals surface area contributed by atoms with Crippen molar-refractivity contribution >= 4 is 5.91 Å². The molecule has 0 fully saturated rings. The SMILES string of the molecule is C[C@]1(O)c2ccccc2C(=O)N1Cc1cccnc1. The van der Waals surface area contributed by atoms with Crippen LogP contribution in [0.25, 0.3) is 0 Å². The number of pyridine rings is 1. The highest BCUT2D eigenvalue weighted by molar-refractivity contribution is 5.99. The molecule has 3 rings (SSSR count). The number of amides is 1. The van der Waals surface area contributed by atoms with Gasteiger partial charge in [-0.3, -0.25) is 9.78 Å². The molecule has 0 aliphatic carbocycles. The van der Waals surface area contributed by atoms with Gasteiger partial charge in [-0.15, -0.1) is 0 Å². The number of benzene rings is 1. The zero-order valence-electron chi connectivity index (χ0n) is 10.6. The van der Waals surface area contributed by atoms with Crippen molar-refractivity contribution in [2.45, 2.75) is 19.2 Å². The molecule has 1 N–H and O–H groups in total. The van der Waals surface area contributed by atoms with Gasteiger partial charge in [0.05, 0.1) is 6.54 Å². The van der Waals surface area contributed by atoms with Gasteiger partial charge < -0.3 is 10.0 Å². The fourth-order valence-electron chi connectivity index (χ4n) is 2.47. The van der Waals surface area contributed by atoms with Gasteiger partial charge in [0.1, 0.15) is 0 Å². The summed E-state index contributed by atoms with van der Waals surface area (Å²) in [5.74, 6) is -0.149. The maximum Gasteiger partial charge on any atom is 0.257 e. The van der Waals surface area contributed by atoms with Gasteiger partial charge in [0.15, 0.2) is 5.72 Å². The van der Waals surface area contributed by atoms with Crippen LogP contribution in [0.3, 0.4) is 0 Å². The van der Waals surface area contributed by atoms with Crippen LogP contribution in [0.1, 0.15) is 28.4 Å². The number of carbonyl (C=O) groups is 1. The van der Waals surface area contributed by atoms with Crippen LogP contribution in [0.15, 0.2) is 48.8 Å². The van der Waals surface area contributed by atoms with E-state index in [1.807, 2.05) is 18.2 Å². The lowest BCUT2D eigenvalue weighted by Gasteiger charge is -2.30. The highest BCUT2D eigenvalue weighted by Crippen LogP contribution is 2.37. The van der Waals surface area contributed by atoms with Crippen LogP contribution < -0.4 is 0 Å². The van der Waals surface area contributed by atoms with Crippen molar-refractivity contribution in [1.82, 2.24) is 9.88 Å². The lowest BCUT2D eigenvalue weighted by Crippen LogP contribution is -2.40. The minimum Gasteiger partial charge on any atom is -0.367 e. The zero-order valence-corrected chi connectivity index (χ0v) is 10.6. The summed E-state index contributed by atoms with van der Waals surface area (Å²) in [6.07, 6.45) is 3.38. The lowest BCUT2D eigenvalue weighted by molar-refractivity contribution is -0.0728. The number of aliphatic hydroxyl groups is 1. The minimum absolute atomic E-state index is 0.149. The predicted molar refractivity (Wildman–Crippen MR) is 70.1 cm³/mol. The summed E-state index contributed by atoms with van der Waals surface area (Å²) in [7, 11) is 0. The van der Waals surface area contributed by atoms with E-state index in [0.29, 0.717) is 17.7 Å². The molecule has 2 heterocycles. The second-order valence-electron chi connectivity index (χ2n) is 4.82. The molecule has 0 unspecified atom stereocenters. The van der Waals surface area contributed by atoms with Crippen LogP contribution in [-0.2, 0) is 12.3 Å². The average Bonchev–Trinajstić information content (AvgIpc) is 2.62. The number of nitrogens with zero attached hydrogens (tertiary/aromatic N) is 2. The van der Waals surface area contributed by atoms with Gasteiger partial charge in [-0.25, -0.2) is 0 Å². The molecule has 1 aliphatic rings. The highest BCUT2D eigenvalue weighted by atomic mass is 16.3. The second-order valence-corrected chi connectivity index (χ2v) is 4.82. The van der Waals surface area contributed by atoms with Crippen molar-refractivity contribution < 1.29 is 9.90 Å². The Bertz CT molecular complexity index is 623. The predicted octanol–water partition coefficient (Wildman–Crippen LogP) is 1.90. The summed E-state index contributed by atoms with van der Waals surface area (Å²) >= 11 is 0. The molecule has 4 nitrogen and oxygen atoms in total. The fourth-order valence-corrected chi connectivity index (χ4v) is 2.47. The second kappa shape index (κ2) is 4.17. The van der Waals surface area contributed by atoms with E-state index in [-0.39, 0.29) is 5.91 Å². The first-order chi connectivity index (χ1) is 9.10. The summed E-state index contributed by atoms with van der Waals surface area (Å²) in [6, 6.07) is 10.9. The normalized spacial score (nSPS) is 21.6. The Morgan fingerprint density at radius 1 is 1.26 bits per heavy atom. The monoisotopic (exact) mass is 254 g/mol. The van der Waals surface area contributed by atoms with Gasteiger partial charge in [-0.05, 0) is 24.6 Å². The summed E-state index contributed by atoms with van der Waals surface area (Å²) in [4.78, 5) is 17.9. The number of fused-ring (bicyclic) bond motifs is 1. The molecule has 0 spiro atoms. The van der Waals surface area contributed by atoms with Crippen molar-refractivity contribution in [3.05, 3.63) is 65.5 Å². The van der Waals surface area contributed by atoms with Crippen molar-refractivity contribution in [1.29, 1.82) is 0 Å². The lowest BCUT2D eigenvalue weighted by atomic mass is 10.0. The van der Waals surface area contributed by atoms with Crippen LogP contribution in [0, 0.1) is 0 Å². The Morgan fingerprint density at radius 2 is 2.05 bits per heavy atom. The Morgan fingerprint density at radius 3 is 2.74 bits per heavy atom. The van der Waals surface area contributed by atoms with E-state index in [0.717, 1.165) is 5.56 Å². The summed E-state index contributed by atoms with van der Waals surface area (Å²) < 4.78 is 0. The molecule has 1 aliphatic heterocycles. The topological polar surface area (TPSA) is 53.4 Å². The van der Waals surface area contributed by atoms with Crippen molar-refractivity contribution in [3.63, 3.8) is 0 Å². The Labute approximate surface area is 111 Å². The standard InChI is InChI=1S/C15H14N2O2/c1-15(19)13-7-3-2-6-12(13)14(18)17(15)10-11-5-4-8-16-9-11/h2-9,19H,10H2,1H3/t15-/m0/s1. The molecule has 4 heteroatoms. The Balaban J connectivity index is 1.99. The van der Waals surface area contributed by atoms with Crippen LogP contribution in [0.2, 0.25) is 0 Å². The number of carbonyl (C=O) groups excluding carboxylic acids is 1. The molecular formula is C15H14N2O2. The molecule has 0 saturated carbocycles. The Kier molecular flexibility index (Phi) is 2.61. The molecule has 1 aromatic carbocycles. The van der Waals surface area contributed by atoms with E-state index in [1.165, 1.54) is 4.90 Å². The molecule has 0 radical (unpaired) electrons. The third kappa shape index (κ3) is 1.81. The van der Waals surface area contributed by atoms with E-state index >= 15 is 0 Å². The molecule has 1 atom stereocenters. The molecule has 96 valence electrons. The molecule has 1 amide bonds. The molecule has 1 aromatic heterocycles. The molecule has 0 saturated heterocycles. The molecular weight excluding hydrogens is 240 g/mol. The first kappa shape index (κ1) is 11.9. The molecule has 0 bridgehead atoms. The summed E-state index contributed by atoms with van der Waals surface area (Å²) in [6.45, 7) is 1.99. The maximum atomic E-state index is 12.4. The third-order valence-electron chi connectivity index (χ3n) is 3.50. The average molecular weight is 254 g/mol. The number of hydrogen-bond donors (Lipinski definition) is 1. The minimum atomic E-state index is -1.27. The number of aromatic nitrogens is 1. The summed E-state index contributed by atoms with van der Waals surface area (Å²) in [5.41, 5.74) is 0.841. The van der Waals surface area contributed by atoms with Crippen molar-refractivity contribution in [2.75, 3.05) is 0 Å². The van der Waals surface area contributed by atoms with E-state index in [4.69, 9.17) is 0 Å². The first-order valence-electron chi connectivity index (χ1n) is 6.13. The van der Waals surface area contributed by atoms with Crippen LogP contribution >= 0.6 is 0 Å². The largest absolute Gasteiger partial charge is 0.367 e. The van der Waals surface area contributed by atoms with Gasteiger partial charge in [0, 0.05) is 23.5 Å². The summed E-state index contributed by atoms with van der Waals surface area (Å²) in [5, 5.41) is 10.6. The van der Waals surface area contributed by atoms with E-state index in [9.17, 15) is 9.90 Å². The Hall–Kier alpha value is -2.20. The van der Waals surface area contributed by atoms with Gasteiger partial charge in [-0.2, -0.15) is 0 Å². The van der Waals surface area contributed by atoms with Crippen LogP contribution in [-0.4, -0.2) is 20.9 Å². The van der Waals surface area contributed by atoms with E-state index < -0.39 is 5.72 Å². The van der Waals surface area contributed by atoms with Gasteiger partial charge in [0.25, 0.3) is 5.91 Å². The smallest absolute Gasteiger partial charge is 0.257 e. The van der Waals surface area contributed by atoms with Crippen molar-refractivity contribution in [3.8, 4) is 0 Å².